The molecule has 0 spiro atoms. The first-order valence-electron chi connectivity index (χ1n) is 15.9. The summed E-state index contributed by atoms with van der Waals surface area (Å²) in [5, 5.41) is 0. The number of nitrogens with zero attached hydrogens (tertiary/aromatic N) is 2. The molecule has 0 unspecified atom stereocenters. The van der Waals surface area contributed by atoms with E-state index in [2.05, 4.69) is 123 Å². The molecule has 0 amide bonds. The zero-order valence-electron chi connectivity index (χ0n) is 25.8. The number of rotatable bonds is 15. The van der Waals surface area contributed by atoms with Gasteiger partial charge in [0.2, 0.25) is 0 Å². The summed E-state index contributed by atoms with van der Waals surface area (Å²) < 4.78 is 5.37. The van der Waals surface area contributed by atoms with Crippen LogP contribution in [0.4, 0.5) is 0 Å². The summed E-state index contributed by atoms with van der Waals surface area (Å²) in [6.45, 7) is 13.6. The van der Waals surface area contributed by atoms with Crippen LogP contribution < -0.4 is 4.57 Å². The predicted octanol–water partition coefficient (Wildman–Crippen LogP) is 10.6. The molecule has 212 valence electrons. The number of hydrogen-bond donors (Lipinski definition) is 0. The van der Waals surface area contributed by atoms with E-state index in [1.54, 1.807) is 0 Å². The fraction of sp³-hybridized carbons (Fsp3) is 0.447. The summed E-state index contributed by atoms with van der Waals surface area (Å²) in [5.41, 5.74) is 9.45. The summed E-state index contributed by atoms with van der Waals surface area (Å²) in [6.07, 6.45) is 11.5. The normalized spacial score (nSPS) is 11.4. The topological polar surface area (TPSA) is 8.81 Å². The second kappa shape index (κ2) is 15.0. The molecule has 0 N–H and O–H groups in total. The molecule has 4 rings (SSSR count). The van der Waals surface area contributed by atoms with Crippen LogP contribution >= 0.6 is 0 Å². The van der Waals surface area contributed by atoms with Gasteiger partial charge in [-0.15, -0.1) is 0 Å². The van der Waals surface area contributed by atoms with Crippen molar-refractivity contribution in [3.05, 3.63) is 90.0 Å². The maximum Gasteiger partial charge on any atom is 0.290 e. The van der Waals surface area contributed by atoms with E-state index in [1.807, 2.05) is 0 Å². The van der Waals surface area contributed by atoms with Crippen LogP contribution in [0.1, 0.15) is 89.7 Å². The average molecular weight is 536 g/mol. The van der Waals surface area contributed by atoms with Gasteiger partial charge in [-0.2, -0.15) is 0 Å². The Hall–Kier alpha value is -3.13. The van der Waals surface area contributed by atoms with E-state index in [4.69, 9.17) is 0 Å². The maximum atomic E-state index is 2.69. The van der Waals surface area contributed by atoms with Crippen LogP contribution in [0.15, 0.2) is 78.9 Å². The van der Waals surface area contributed by atoms with Gasteiger partial charge >= 0.3 is 0 Å². The second-order valence-corrected chi connectivity index (χ2v) is 12.0. The van der Waals surface area contributed by atoms with Gasteiger partial charge in [0.1, 0.15) is 0 Å². The molecule has 2 nitrogen and oxygen atoms in total. The lowest BCUT2D eigenvalue weighted by atomic mass is 10.0. The van der Waals surface area contributed by atoms with Gasteiger partial charge in [-0.1, -0.05) is 132 Å². The van der Waals surface area contributed by atoms with Gasteiger partial charge in [-0.05, 0) is 56.6 Å². The average Bonchev–Trinajstić information content (AvgIpc) is 3.27. The number of imidazole rings is 1. The molecule has 0 aliphatic carbocycles. The highest BCUT2D eigenvalue weighted by atomic mass is 15.2. The summed E-state index contributed by atoms with van der Waals surface area (Å²) in [4.78, 5) is 0. The third-order valence-electron chi connectivity index (χ3n) is 8.22. The fourth-order valence-electron chi connectivity index (χ4n) is 6.14. The molecule has 3 aromatic carbocycles. The van der Waals surface area contributed by atoms with Crippen molar-refractivity contribution in [2.75, 3.05) is 0 Å². The molecular formula is C38H51N2+. The Morgan fingerprint density at radius 2 is 1.25 bits per heavy atom. The van der Waals surface area contributed by atoms with Crippen molar-refractivity contribution >= 4 is 0 Å². The highest BCUT2D eigenvalue weighted by molar-refractivity contribution is 5.80. The summed E-state index contributed by atoms with van der Waals surface area (Å²) >= 11 is 0. The van der Waals surface area contributed by atoms with Gasteiger partial charge in [-0.25, -0.2) is 9.13 Å². The lowest BCUT2D eigenvalue weighted by Gasteiger charge is -2.12. The van der Waals surface area contributed by atoms with Crippen molar-refractivity contribution in [2.24, 2.45) is 5.92 Å². The standard InChI is InChI=1S/C38H51N2/c1-6-7-8-18-28-39-36(33-24-14-11-15-25-33)37(34-26-16-12-17-27-34)40(29-19-10-9-13-21-30(2)3)38(39)35-31(4)22-20-23-32(35)5/h11-12,14-17,20,22-27,30H,6-10,13,18-19,21,28-29H2,1-5H3/q+1. The molecule has 1 aromatic heterocycles. The summed E-state index contributed by atoms with van der Waals surface area (Å²) in [6, 6.07) is 29.0. The van der Waals surface area contributed by atoms with Gasteiger partial charge in [-0.3, -0.25) is 0 Å². The third kappa shape index (κ3) is 7.33. The van der Waals surface area contributed by atoms with E-state index in [9.17, 15) is 0 Å². The third-order valence-corrected chi connectivity index (χ3v) is 8.22. The van der Waals surface area contributed by atoms with Crippen LogP contribution in [0.3, 0.4) is 0 Å². The number of hydrogen-bond acceptors (Lipinski definition) is 0. The van der Waals surface area contributed by atoms with Crippen molar-refractivity contribution in [2.45, 2.75) is 105 Å². The largest absolute Gasteiger partial charge is 0.290 e. The monoisotopic (exact) mass is 535 g/mol. The lowest BCUT2D eigenvalue weighted by molar-refractivity contribution is -0.675. The fourth-order valence-corrected chi connectivity index (χ4v) is 6.14. The first-order valence-corrected chi connectivity index (χ1v) is 15.9. The van der Waals surface area contributed by atoms with Crippen LogP contribution in [0.5, 0.6) is 0 Å². The number of aromatic nitrogens is 2. The van der Waals surface area contributed by atoms with Crippen LogP contribution in [0.25, 0.3) is 33.9 Å². The van der Waals surface area contributed by atoms with E-state index in [-0.39, 0.29) is 0 Å². The Labute approximate surface area is 244 Å². The van der Waals surface area contributed by atoms with Gasteiger partial charge in [0.15, 0.2) is 11.4 Å². The number of benzene rings is 3. The first kappa shape index (κ1) is 29.8. The SMILES string of the molecule is CCCCCCn1c(-c2ccccc2)c(-c2ccccc2)[n+](CCCCCCC(C)C)c1-c1c(C)cccc1C. The van der Waals surface area contributed by atoms with Crippen molar-refractivity contribution in [3.63, 3.8) is 0 Å². The molecule has 0 aliphatic heterocycles. The Bertz CT molecular complexity index is 1290. The predicted molar refractivity (Wildman–Crippen MR) is 172 cm³/mol. The Kier molecular flexibility index (Phi) is 11.2. The summed E-state index contributed by atoms with van der Waals surface area (Å²) in [7, 11) is 0. The van der Waals surface area contributed by atoms with Gasteiger partial charge in [0.25, 0.3) is 5.82 Å². The first-order chi connectivity index (χ1) is 19.5. The van der Waals surface area contributed by atoms with E-state index < -0.39 is 0 Å². The van der Waals surface area contributed by atoms with Crippen LogP contribution in [-0.4, -0.2) is 4.57 Å². The molecular weight excluding hydrogens is 484 g/mol. The quantitative estimate of drug-likeness (QED) is 0.106. The molecule has 0 fully saturated rings. The minimum Gasteiger partial charge on any atom is -0.222 e. The van der Waals surface area contributed by atoms with E-state index in [0.29, 0.717) is 0 Å². The van der Waals surface area contributed by atoms with Crippen LogP contribution in [0.2, 0.25) is 0 Å². The van der Waals surface area contributed by atoms with Gasteiger partial charge in [0.05, 0.1) is 18.7 Å². The molecule has 0 aliphatic rings. The zero-order chi connectivity index (χ0) is 28.3. The Morgan fingerprint density at radius 1 is 0.650 bits per heavy atom. The smallest absolute Gasteiger partial charge is 0.222 e. The van der Waals surface area contributed by atoms with Crippen molar-refractivity contribution in [1.82, 2.24) is 4.57 Å². The zero-order valence-corrected chi connectivity index (χ0v) is 25.8. The van der Waals surface area contributed by atoms with Crippen molar-refractivity contribution < 1.29 is 4.57 Å². The molecule has 1 heterocycles. The van der Waals surface area contributed by atoms with E-state index in [1.165, 1.54) is 103 Å². The van der Waals surface area contributed by atoms with Crippen LogP contribution in [-0.2, 0) is 13.1 Å². The molecule has 2 heteroatoms. The molecule has 0 atom stereocenters. The Morgan fingerprint density at radius 3 is 1.88 bits per heavy atom. The van der Waals surface area contributed by atoms with Gasteiger partial charge < -0.3 is 0 Å². The molecule has 0 bridgehead atoms. The minimum absolute atomic E-state index is 0.796. The lowest BCUT2D eigenvalue weighted by Crippen LogP contribution is -2.38. The highest BCUT2D eigenvalue weighted by Crippen LogP contribution is 2.37. The van der Waals surface area contributed by atoms with E-state index >= 15 is 0 Å². The molecule has 4 aromatic rings. The Balaban J connectivity index is 1.92. The number of unbranched alkanes of at least 4 members (excludes halogenated alkanes) is 6. The molecule has 0 saturated heterocycles. The molecule has 40 heavy (non-hydrogen) atoms. The van der Waals surface area contributed by atoms with Crippen molar-refractivity contribution in [1.29, 1.82) is 0 Å². The molecule has 0 saturated carbocycles. The minimum atomic E-state index is 0.796. The van der Waals surface area contributed by atoms with Crippen molar-refractivity contribution in [3.8, 4) is 33.9 Å². The highest BCUT2D eigenvalue weighted by Gasteiger charge is 2.34. The van der Waals surface area contributed by atoms with Crippen LogP contribution in [0, 0.1) is 19.8 Å². The molecule has 0 radical (unpaired) electrons. The van der Waals surface area contributed by atoms with E-state index in [0.717, 1.165) is 19.0 Å². The second-order valence-electron chi connectivity index (χ2n) is 12.0. The number of aryl methyl sites for hydroxylation is 2. The maximum absolute atomic E-state index is 2.69. The van der Waals surface area contributed by atoms with Gasteiger partial charge in [0, 0.05) is 11.1 Å². The summed E-state index contributed by atoms with van der Waals surface area (Å²) in [5.74, 6) is 2.18.